The fourth-order valence-electron chi connectivity index (χ4n) is 2.10. The molecule has 2 rings (SSSR count). The fraction of sp³-hybridized carbons (Fsp3) is 0.333. The number of halogens is 2. The number of carbonyl (C=O) groups is 1. The molecule has 0 spiro atoms. The van der Waals surface area contributed by atoms with E-state index in [-0.39, 0.29) is 22.8 Å². The summed E-state index contributed by atoms with van der Waals surface area (Å²) >= 11 is 6.01. The van der Waals surface area contributed by atoms with Gasteiger partial charge in [-0.15, -0.1) is 0 Å². The summed E-state index contributed by atoms with van der Waals surface area (Å²) in [6.07, 6.45) is -0.203. The van der Waals surface area contributed by atoms with Gasteiger partial charge in [0, 0.05) is 11.3 Å². The minimum Gasteiger partial charge on any atom is -0.434 e. The highest BCUT2D eigenvalue weighted by Crippen LogP contribution is 2.37. The molecule has 0 aliphatic carbocycles. The van der Waals surface area contributed by atoms with Crippen molar-refractivity contribution in [2.24, 2.45) is 0 Å². The van der Waals surface area contributed by atoms with Gasteiger partial charge >= 0.3 is 6.16 Å². The Bertz CT molecular complexity index is 703. The first-order valence-electron chi connectivity index (χ1n) is 6.61. The summed E-state index contributed by atoms with van der Waals surface area (Å²) in [6, 6.07) is 2.74. The molecule has 4 nitrogen and oxygen atoms in total. The molecule has 2 aromatic rings. The Labute approximate surface area is 126 Å². The summed E-state index contributed by atoms with van der Waals surface area (Å²) in [5.41, 5.74) is 1.87. The molecule has 0 unspecified atom stereocenters. The van der Waals surface area contributed by atoms with Crippen LogP contribution in [0.1, 0.15) is 25.1 Å². The van der Waals surface area contributed by atoms with E-state index in [1.807, 2.05) is 6.92 Å². The van der Waals surface area contributed by atoms with Crippen molar-refractivity contribution in [2.75, 3.05) is 6.61 Å². The van der Waals surface area contributed by atoms with Crippen molar-refractivity contribution in [3.05, 3.63) is 34.2 Å². The number of hydrogen-bond donors (Lipinski definition) is 0. The number of ether oxygens (including phenoxy) is 2. The number of nitrogens with zero attached hydrogens (tertiary/aromatic N) is 1. The summed E-state index contributed by atoms with van der Waals surface area (Å²) in [5, 5.41) is 0.157. The Morgan fingerprint density at radius 3 is 2.71 bits per heavy atom. The molecule has 6 heteroatoms. The van der Waals surface area contributed by atoms with E-state index in [1.54, 1.807) is 13.8 Å². The third-order valence-electron chi connectivity index (χ3n) is 3.11. The van der Waals surface area contributed by atoms with E-state index in [0.29, 0.717) is 17.5 Å². The van der Waals surface area contributed by atoms with E-state index in [9.17, 15) is 9.18 Å². The second-order valence-electron chi connectivity index (χ2n) is 4.41. The molecule has 0 radical (unpaired) electrons. The van der Waals surface area contributed by atoms with Gasteiger partial charge in [0.25, 0.3) is 0 Å². The highest BCUT2D eigenvalue weighted by Gasteiger charge is 2.20. The van der Waals surface area contributed by atoms with E-state index >= 15 is 0 Å². The molecule has 1 aromatic heterocycles. The van der Waals surface area contributed by atoms with Gasteiger partial charge in [-0.25, -0.2) is 9.18 Å². The van der Waals surface area contributed by atoms with Crippen LogP contribution in [0.2, 0.25) is 5.02 Å². The molecule has 0 saturated heterocycles. The molecule has 1 aromatic carbocycles. The monoisotopic (exact) mass is 311 g/mol. The molecule has 112 valence electrons. The van der Waals surface area contributed by atoms with Crippen LogP contribution in [0, 0.1) is 12.7 Å². The Kier molecular flexibility index (Phi) is 4.63. The number of hydrogen-bond acceptors (Lipinski definition) is 4. The van der Waals surface area contributed by atoms with Crippen LogP contribution >= 0.6 is 11.6 Å². The molecule has 0 atom stereocenters. The Hall–Kier alpha value is -1.88. The normalized spacial score (nSPS) is 10.7. The van der Waals surface area contributed by atoms with Crippen LogP contribution in [-0.2, 0) is 11.2 Å². The van der Waals surface area contributed by atoms with Crippen LogP contribution in [0.3, 0.4) is 0 Å². The van der Waals surface area contributed by atoms with E-state index in [2.05, 4.69) is 4.98 Å². The van der Waals surface area contributed by atoms with Crippen LogP contribution in [0.4, 0.5) is 9.18 Å². The first kappa shape index (κ1) is 15.5. The zero-order valence-electron chi connectivity index (χ0n) is 12.0. The van der Waals surface area contributed by atoms with Crippen molar-refractivity contribution < 1.29 is 18.7 Å². The van der Waals surface area contributed by atoms with Gasteiger partial charge < -0.3 is 9.47 Å². The topological polar surface area (TPSA) is 48.4 Å². The summed E-state index contributed by atoms with van der Waals surface area (Å²) < 4.78 is 23.7. The Balaban J connectivity index is 2.71. The summed E-state index contributed by atoms with van der Waals surface area (Å²) in [7, 11) is 0. The molecule has 0 aliphatic heterocycles. The lowest BCUT2D eigenvalue weighted by Gasteiger charge is -2.14. The SMILES string of the molecule is CCOC(=O)Oc1c(C)c(CC)nc2ccc(F)c(Cl)c12. The highest BCUT2D eigenvalue weighted by atomic mass is 35.5. The molecule has 0 fully saturated rings. The van der Waals surface area contributed by atoms with Crippen molar-refractivity contribution >= 4 is 28.7 Å². The predicted octanol–water partition coefficient (Wildman–Crippen LogP) is 4.43. The zero-order chi connectivity index (χ0) is 15.6. The standard InChI is InChI=1S/C15H15ClFNO3/c1-4-10-8(3)14(21-15(19)20-5-2)12-11(18-10)7-6-9(17)13(12)16/h6-7H,4-5H2,1-3H3. The molecular formula is C15H15ClFNO3. The number of fused-ring (bicyclic) bond motifs is 1. The molecule has 0 N–H and O–H groups in total. The maximum absolute atomic E-state index is 13.7. The third-order valence-corrected chi connectivity index (χ3v) is 3.48. The van der Waals surface area contributed by atoms with Crippen LogP contribution in [-0.4, -0.2) is 17.7 Å². The lowest BCUT2D eigenvalue weighted by molar-refractivity contribution is 0.104. The van der Waals surface area contributed by atoms with Gasteiger partial charge in [0.1, 0.15) is 11.6 Å². The maximum Gasteiger partial charge on any atom is 0.513 e. The van der Waals surface area contributed by atoms with Gasteiger partial charge in [-0.3, -0.25) is 4.98 Å². The summed E-state index contributed by atoms with van der Waals surface area (Å²) in [6.45, 7) is 5.54. The average molecular weight is 312 g/mol. The van der Waals surface area contributed by atoms with E-state index < -0.39 is 12.0 Å². The largest absolute Gasteiger partial charge is 0.513 e. The maximum atomic E-state index is 13.7. The molecule has 0 aliphatic rings. The van der Waals surface area contributed by atoms with Crippen molar-refractivity contribution in [3.63, 3.8) is 0 Å². The lowest BCUT2D eigenvalue weighted by atomic mass is 10.1. The Morgan fingerprint density at radius 1 is 1.38 bits per heavy atom. The van der Waals surface area contributed by atoms with Crippen molar-refractivity contribution in [1.29, 1.82) is 0 Å². The van der Waals surface area contributed by atoms with Gasteiger partial charge in [-0.2, -0.15) is 0 Å². The summed E-state index contributed by atoms with van der Waals surface area (Å²) in [4.78, 5) is 16.0. The second-order valence-corrected chi connectivity index (χ2v) is 4.78. The molecule has 0 amide bonds. The van der Waals surface area contributed by atoms with Crippen LogP contribution < -0.4 is 4.74 Å². The number of pyridine rings is 1. The third kappa shape index (κ3) is 2.93. The minimum atomic E-state index is -0.851. The van der Waals surface area contributed by atoms with Crippen molar-refractivity contribution in [2.45, 2.75) is 27.2 Å². The van der Waals surface area contributed by atoms with Crippen molar-refractivity contribution in [1.82, 2.24) is 4.98 Å². The van der Waals surface area contributed by atoms with Crippen LogP contribution in [0.5, 0.6) is 5.75 Å². The number of aryl methyl sites for hydroxylation is 1. The Morgan fingerprint density at radius 2 is 2.10 bits per heavy atom. The molecule has 21 heavy (non-hydrogen) atoms. The lowest BCUT2D eigenvalue weighted by Crippen LogP contribution is -2.12. The van der Waals surface area contributed by atoms with Crippen LogP contribution in [0.15, 0.2) is 12.1 Å². The minimum absolute atomic E-state index is 0.120. The van der Waals surface area contributed by atoms with E-state index in [4.69, 9.17) is 21.1 Å². The highest BCUT2D eigenvalue weighted by molar-refractivity contribution is 6.36. The van der Waals surface area contributed by atoms with Gasteiger partial charge in [0.05, 0.1) is 22.5 Å². The number of carbonyl (C=O) groups excluding carboxylic acids is 1. The average Bonchev–Trinajstić information content (AvgIpc) is 2.45. The van der Waals surface area contributed by atoms with Crippen molar-refractivity contribution in [3.8, 4) is 5.75 Å². The quantitative estimate of drug-likeness (QED) is 0.787. The van der Waals surface area contributed by atoms with Gasteiger partial charge in [0.2, 0.25) is 0 Å². The zero-order valence-corrected chi connectivity index (χ0v) is 12.8. The number of rotatable bonds is 3. The first-order chi connectivity index (χ1) is 9.99. The molecule has 1 heterocycles. The van der Waals surface area contributed by atoms with Gasteiger partial charge in [0.15, 0.2) is 0 Å². The second kappa shape index (κ2) is 6.26. The van der Waals surface area contributed by atoms with Crippen LogP contribution in [0.25, 0.3) is 10.9 Å². The van der Waals surface area contributed by atoms with E-state index in [1.165, 1.54) is 12.1 Å². The fourth-order valence-corrected chi connectivity index (χ4v) is 2.35. The van der Waals surface area contributed by atoms with Gasteiger partial charge in [-0.05, 0) is 32.4 Å². The molecular weight excluding hydrogens is 297 g/mol. The number of aromatic nitrogens is 1. The molecule has 0 saturated carbocycles. The van der Waals surface area contributed by atoms with E-state index in [0.717, 1.165) is 5.69 Å². The smallest absolute Gasteiger partial charge is 0.434 e. The predicted molar refractivity (Wildman–Crippen MR) is 78.5 cm³/mol. The number of benzene rings is 1. The van der Waals surface area contributed by atoms with Gasteiger partial charge in [-0.1, -0.05) is 18.5 Å². The summed E-state index contributed by atoms with van der Waals surface area (Å²) in [5.74, 6) is -0.400. The first-order valence-corrected chi connectivity index (χ1v) is 6.99. The molecule has 0 bridgehead atoms.